The summed E-state index contributed by atoms with van der Waals surface area (Å²) in [5.41, 5.74) is 13.7. The Labute approximate surface area is 129 Å². The summed E-state index contributed by atoms with van der Waals surface area (Å²) in [5, 5.41) is 0. The second-order valence-corrected chi connectivity index (χ2v) is 5.47. The maximum absolute atomic E-state index is 5.75. The topological polar surface area (TPSA) is 73.3 Å². The largest absolute Gasteiger partial charge is 0.489 e. The highest BCUT2D eigenvalue weighted by atomic mass is 32.2. The first-order chi connectivity index (χ1) is 10.2. The van der Waals surface area contributed by atoms with Crippen LogP contribution in [0.25, 0.3) is 5.70 Å². The number of hydrogen-bond donors (Lipinski definition) is 3. The number of nitrogens with one attached hydrogen (secondary N) is 1. The molecule has 0 spiro atoms. The molecule has 0 aromatic heterocycles. The van der Waals surface area contributed by atoms with E-state index in [4.69, 9.17) is 16.2 Å². The van der Waals surface area contributed by atoms with Gasteiger partial charge in [-0.25, -0.2) is 0 Å². The van der Waals surface area contributed by atoms with Gasteiger partial charge in [-0.2, -0.15) is 0 Å². The minimum atomic E-state index is 0.534. The van der Waals surface area contributed by atoms with E-state index in [1.807, 2.05) is 31.3 Å². The maximum atomic E-state index is 5.75. The molecular weight excluding hydrogens is 282 g/mol. The summed E-state index contributed by atoms with van der Waals surface area (Å²) in [5.74, 6) is 0.803. The Morgan fingerprint density at radius 1 is 1.14 bits per heavy atom. The molecule has 2 rings (SSSR count). The normalized spacial score (nSPS) is 11.4. The second-order valence-electron chi connectivity index (χ2n) is 4.39. The average Bonchev–Trinajstić information content (AvgIpc) is 2.54. The Bertz CT molecular complexity index is 594. The molecule has 0 saturated carbocycles. The third kappa shape index (κ3) is 4.44. The molecule has 0 saturated heterocycles. The van der Waals surface area contributed by atoms with Crippen LogP contribution in [0.3, 0.4) is 0 Å². The summed E-state index contributed by atoms with van der Waals surface area (Å²) >= 11 is 1.59. The van der Waals surface area contributed by atoms with Gasteiger partial charge in [0.15, 0.2) is 0 Å². The molecule has 0 amide bonds. The van der Waals surface area contributed by atoms with Gasteiger partial charge in [-0.3, -0.25) is 4.72 Å². The van der Waals surface area contributed by atoms with Crippen molar-refractivity contribution < 1.29 is 4.74 Å². The Kier molecular flexibility index (Phi) is 5.54. The predicted octanol–water partition coefficient (Wildman–Crippen LogP) is 2.71. The van der Waals surface area contributed by atoms with E-state index in [2.05, 4.69) is 29.0 Å². The van der Waals surface area contributed by atoms with E-state index < -0.39 is 0 Å². The Balaban J connectivity index is 1.93. The van der Waals surface area contributed by atoms with Crippen LogP contribution in [0, 0.1) is 0 Å². The zero-order chi connectivity index (χ0) is 15.1. The van der Waals surface area contributed by atoms with E-state index in [-0.39, 0.29) is 0 Å². The molecular formula is C16H19N3OS. The van der Waals surface area contributed by atoms with Crippen molar-refractivity contribution in [3.8, 4) is 5.75 Å². The second kappa shape index (κ2) is 7.61. The molecule has 0 heterocycles. The fraction of sp³-hybridized carbons (Fsp3) is 0.125. The first kappa shape index (κ1) is 15.3. The first-order valence-corrected chi connectivity index (χ1v) is 7.37. The van der Waals surface area contributed by atoms with Crippen LogP contribution in [0.4, 0.5) is 0 Å². The Hall–Kier alpha value is -2.11. The van der Waals surface area contributed by atoms with Crippen molar-refractivity contribution in [1.82, 2.24) is 4.72 Å². The van der Waals surface area contributed by atoms with E-state index >= 15 is 0 Å². The average molecular weight is 301 g/mol. The highest BCUT2D eigenvalue weighted by Gasteiger charge is 1.99. The summed E-state index contributed by atoms with van der Waals surface area (Å²) in [6, 6.07) is 15.8. The lowest BCUT2D eigenvalue weighted by Crippen LogP contribution is -2.00. The molecule has 0 atom stereocenters. The number of rotatable bonds is 6. The SMILES string of the molecule is CNSc1ccc(COc2ccc(/C(N)=C/N)cc2)cc1. The zero-order valence-corrected chi connectivity index (χ0v) is 12.7. The molecule has 0 unspecified atom stereocenters. The van der Waals surface area contributed by atoms with Crippen LogP contribution in [0.2, 0.25) is 0 Å². The van der Waals surface area contributed by atoms with Gasteiger partial charge in [0.25, 0.3) is 0 Å². The lowest BCUT2D eigenvalue weighted by atomic mass is 10.1. The third-order valence-electron chi connectivity index (χ3n) is 2.92. The first-order valence-electron chi connectivity index (χ1n) is 6.56. The van der Waals surface area contributed by atoms with Gasteiger partial charge in [-0.05, 0) is 66.5 Å². The van der Waals surface area contributed by atoms with Gasteiger partial charge in [0.05, 0.1) is 5.70 Å². The van der Waals surface area contributed by atoms with Gasteiger partial charge in [-0.1, -0.05) is 12.1 Å². The molecule has 2 aromatic rings. The van der Waals surface area contributed by atoms with Crippen molar-refractivity contribution in [2.75, 3.05) is 7.05 Å². The molecule has 5 N–H and O–H groups in total. The smallest absolute Gasteiger partial charge is 0.119 e. The molecule has 2 aromatic carbocycles. The van der Waals surface area contributed by atoms with Crippen LogP contribution in [0.15, 0.2) is 59.6 Å². The zero-order valence-electron chi connectivity index (χ0n) is 11.9. The Morgan fingerprint density at radius 2 is 1.81 bits per heavy atom. The van der Waals surface area contributed by atoms with Crippen LogP contribution in [-0.2, 0) is 6.61 Å². The summed E-state index contributed by atoms with van der Waals surface area (Å²) in [4.78, 5) is 1.18. The minimum Gasteiger partial charge on any atom is -0.489 e. The van der Waals surface area contributed by atoms with Crippen LogP contribution in [0.1, 0.15) is 11.1 Å². The van der Waals surface area contributed by atoms with Crippen LogP contribution in [-0.4, -0.2) is 7.05 Å². The van der Waals surface area contributed by atoms with E-state index in [1.165, 1.54) is 11.1 Å². The standard InChI is InChI=1S/C16H19N3OS/c1-19-21-15-8-2-12(3-9-15)11-20-14-6-4-13(5-7-14)16(18)10-17/h2-10,19H,11,17-18H2,1H3/b16-10-. The predicted molar refractivity (Wildman–Crippen MR) is 88.5 cm³/mol. The molecule has 5 heteroatoms. The summed E-state index contributed by atoms with van der Waals surface area (Å²) in [7, 11) is 1.90. The summed E-state index contributed by atoms with van der Waals surface area (Å²) in [6.45, 7) is 0.534. The van der Waals surface area contributed by atoms with E-state index in [0.29, 0.717) is 12.3 Å². The van der Waals surface area contributed by atoms with Crippen LogP contribution < -0.4 is 20.9 Å². The van der Waals surface area contributed by atoms with Crippen molar-refractivity contribution >= 4 is 17.6 Å². The molecule has 0 bridgehead atoms. The lowest BCUT2D eigenvalue weighted by molar-refractivity contribution is 0.306. The summed E-state index contributed by atoms with van der Waals surface area (Å²) in [6.07, 6.45) is 1.39. The number of hydrogen-bond acceptors (Lipinski definition) is 5. The molecule has 0 radical (unpaired) electrons. The highest BCUT2D eigenvalue weighted by Crippen LogP contribution is 2.18. The molecule has 110 valence electrons. The number of nitrogens with two attached hydrogens (primary N) is 2. The van der Waals surface area contributed by atoms with Gasteiger partial charge in [0, 0.05) is 11.1 Å². The molecule has 0 aliphatic rings. The fourth-order valence-corrected chi connectivity index (χ4v) is 2.29. The molecule has 0 fully saturated rings. The quantitative estimate of drug-likeness (QED) is 0.715. The fourth-order valence-electron chi connectivity index (χ4n) is 1.78. The van der Waals surface area contributed by atoms with E-state index in [9.17, 15) is 0 Å². The van der Waals surface area contributed by atoms with Crippen LogP contribution >= 0.6 is 11.9 Å². The van der Waals surface area contributed by atoms with Gasteiger partial charge in [0.1, 0.15) is 12.4 Å². The van der Waals surface area contributed by atoms with E-state index in [1.54, 1.807) is 11.9 Å². The van der Waals surface area contributed by atoms with Gasteiger partial charge < -0.3 is 16.2 Å². The molecule has 21 heavy (non-hydrogen) atoms. The molecule has 0 aliphatic heterocycles. The minimum absolute atomic E-state index is 0.534. The van der Waals surface area contributed by atoms with Crippen molar-refractivity contribution in [2.45, 2.75) is 11.5 Å². The van der Waals surface area contributed by atoms with Crippen LogP contribution in [0.5, 0.6) is 5.75 Å². The summed E-state index contributed by atoms with van der Waals surface area (Å²) < 4.78 is 8.79. The van der Waals surface area contributed by atoms with Gasteiger partial charge >= 0.3 is 0 Å². The molecule has 4 nitrogen and oxygen atoms in total. The van der Waals surface area contributed by atoms with Crippen molar-refractivity contribution in [1.29, 1.82) is 0 Å². The molecule has 0 aliphatic carbocycles. The maximum Gasteiger partial charge on any atom is 0.119 e. The van der Waals surface area contributed by atoms with Crippen molar-refractivity contribution in [3.63, 3.8) is 0 Å². The van der Waals surface area contributed by atoms with Crippen molar-refractivity contribution in [3.05, 3.63) is 65.9 Å². The van der Waals surface area contributed by atoms with Gasteiger partial charge in [0.2, 0.25) is 0 Å². The van der Waals surface area contributed by atoms with E-state index in [0.717, 1.165) is 16.9 Å². The highest BCUT2D eigenvalue weighted by molar-refractivity contribution is 7.97. The monoisotopic (exact) mass is 301 g/mol. The number of ether oxygens (including phenoxy) is 1. The van der Waals surface area contributed by atoms with Gasteiger partial charge in [-0.15, -0.1) is 0 Å². The Morgan fingerprint density at radius 3 is 2.38 bits per heavy atom. The lowest BCUT2D eigenvalue weighted by Gasteiger charge is -2.08. The number of benzene rings is 2. The third-order valence-corrected chi connectivity index (χ3v) is 3.63. The van der Waals surface area contributed by atoms with Crippen molar-refractivity contribution in [2.24, 2.45) is 11.5 Å².